The molecule has 2 aromatic rings. The van der Waals surface area contributed by atoms with Crippen molar-refractivity contribution < 1.29 is 21.6 Å². The van der Waals surface area contributed by atoms with Crippen LogP contribution >= 0.6 is 0 Å². The summed E-state index contributed by atoms with van der Waals surface area (Å²) in [5.41, 5.74) is 1.61. The van der Waals surface area contributed by atoms with Crippen molar-refractivity contribution in [3.8, 4) is 0 Å². The first-order valence-corrected chi connectivity index (χ1v) is 12.4. The van der Waals surface area contributed by atoms with E-state index in [0.717, 1.165) is 19.1 Å². The first-order chi connectivity index (χ1) is 13.5. The minimum Gasteiger partial charge on any atom is -0.322 e. The van der Waals surface area contributed by atoms with Gasteiger partial charge in [0, 0.05) is 17.8 Å². The molecule has 156 valence electrons. The van der Waals surface area contributed by atoms with E-state index in [2.05, 4.69) is 14.8 Å². The average Bonchev–Trinajstić information content (AvgIpc) is 3.46. The highest BCUT2D eigenvalue weighted by molar-refractivity contribution is 7.92. The summed E-state index contributed by atoms with van der Waals surface area (Å²) >= 11 is 0. The first kappa shape index (κ1) is 21.3. The second-order valence-electron chi connectivity index (χ2n) is 7.18. The van der Waals surface area contributed by atoms with Gasteiger partial charge < -0.3 is 5.32 Å². The van der Waals surface area contributed by atoms with E-state index in [0.29, 0.717) is 29.4 Å². The zero-order valence-corrected chi connectivity index (χ0v) is 17.7. The van der Waals surface area contributed by atoms with Crippen LogP contribution in [-0.4, -0.2) is 35.5 Å². The Hall–Kier alpha value is -2.43. The minimum absolute atomic E-state index is 0.0224. The second kappa shape index (κ2) is 8.13. The average molecular weight is 438 g/mol. The summed E-state index contributed by atoms with van der Waals surface area (Å²) in [7, 11) is -7.15. The summed E-state index contributed by atoms with van der Waals surface area (Å²) in [6.45, 7) is 2.14. The van der Waals surface area contributed by atoms with E-state index in [4.69, 9.17) is 0 Å². The van der Waals surface area contributed by atoms with Gasteiger partial charge in [-0.2, -0.15) is 0 Å². The third kappa shape index (κ3) is 6.02. The highest BCUT2D eigenvalue weighted by Gasteiger charge is 2.24. The van der Waals surface area contributed by atoms with Gasteiger partial charge in [-0.25, -0.2) is 21.6 Å². The molecule has 0 saturated heterocycles. The number of carbonyl (C=O) groups excluding carboxylic acids is 1. The van der Waals surface area contributed by atoms with E-state index in [-0.39, 0.29) is 10.5 Å². The van der Waals surface area contributed by atoms with E-state index < -0.39 is 26.0 Å². The number of carbonyl (C=O) groups is 1. The van der Waals surface area contributed by atoms with Crippen molar-refractivity contribution in [1.82, 2.24) is 4.72 Å². The highest BCUT2D eigenvalue weighted by atomic mass is 32.2. The molecule has 29 heavy (non-hydrogen) atoms. The molecule has 0 aromatic heterocycles. The second-order valence-corrected chi connectivity index (χ2v) is 10.7. The van der Waals surface area contributed by atoms with Crippen LogP contribution in [-0.2, 0) is 20.0 Å². The van der Waals surface area contributed by atoms with Crippen LogP contribution in [0.4, 0.5) is 11.4 Å². The normalized spacial score (nSPS) is 14.4. The van der Waals surface area contributed by atoms with Crippen molar-refractivity contribution in [3.05, 3.63) is 53.6 Å². The number of amides is 1. The van der Waals surface area contributed by atoms with Gasteiger partial charge in [0.2, 0.25) is 20.0 Å². The van der Waals surface area contributed by atoms with Gasteiger partial charge in [0.15, 0.2) is 0 Å². The van der Waals surface area contributed by atoms with Gasteiger partial charge in [-0.15, -0.1) is 0 Å². The van der Waals surface area contributed by atoms with Gasteiger partial charge in [0.05, 0.1) is 16.8 Å². The van der Waals surface area contributed by atoms with Gasteiger partial charge in [-0.1, -0.05) is 12.1 Å². The molecule has 8 nitrogen and oxygen atoms in total. The number of hydrogen-bond acceptors (Lipinski definition) is 5. The predicted molar refractivity (Wildman–Crippen MR) is 112 cm³/mol. The molecule has 0 radical (unpaired) electrons. The lowest BCUT2D eigenvalue weighted by Gasteiger charge is -2.12. The molecular formula is C19H23N3O5S2. The lowest BCUT2D eigenvalue weighted by atomic mass is 10.1. The molecule has 1 saturated carbocycles. The Balaban J connectivity index is 1.76. The van der Waals surface area contributed by atoms with Crippen molar-refractivity contribution in [1.29, 1.82) is 0 Å². The molecule has 1 aliphatic rings. The molecule has 10 heteroatoms. The maximum Gasteiger partial charge on any atom is 0.255 e. The van der Waals surface area contributed by atoms with E-state index in [1.54, 1.807) is 19.1 Å². The maximum atomic E-state index is 12.6. The zero-order chi connectivity index (χ0) is 21.2. The number of nitrogens with one attached hydrogen (secondary N) is 3. The molecule has 0 spiro atoms. The number of hydrogen-bond donors (Lipinski definition) is 3. The van der Waals surface area contributed by atoms with Crippen LogP contribution in [0.1, 0.15) is 28.8 Å². The Labute approximate surface area is 170 Å². The van der Waals surface area contributed by atoms with Crippen molar-refractivity contribution in [3.63, 3.8) is 0 Å². The van der Waals surface area contributed by atoms with Crippen LogP contribution in [0.5, 0.6) is 0 Å². The number of aryl methyl sites for hydroxylation is 1. The smallest absolute Gasteiger partial charge is 0.255 e. The molecule has 3 rings (SSSR count). The Bertz CT molecular complexity index is 1140. The van der Waals surface area contributed by atoms with Crippen LogP contribution in [0.25, 0.3) is 0 Å². The molecular weight excluding hydrogens is 414 g/mol. The van der Waals surface area contributed by atoms with Crippen LogP contribution in [0.15, 0.2) is 47.4 Å². The van der Waals surface area contributed by atoms with Crippen molar-refractivity contribution in [2.75, 3.05) is 22.8 Å². The monoisotopic (exact) mass is 437 g/mol. The van der Waals surface area contributed by atoms with Crippen LogP contribution < -0.4 is 14.8 Å². The Morgan fingerprint density at radius 3 is 2.45 bits per heavy atom. The number of benzene rings is 2. The van der Waals surface area contributed by atoms with E-state index in [1.807, 2.05) is 0 Å². The maximum absolute atomic E-state index is 12.6. The summed E-state index contributed by atoms with van der Waals surface area (Å²) in [6.07, 6.45) is 3.09. The largest absolute Gasteiger partial charge is 0.322 e. The van der Waals surface area contributed by atoms with Crippen LogP contribution in [0.3, 0.4) is 0 Å². The Morgan fingerprint density at radius 2 is 1.79 bits per heavy atom. The summed E-state index contributed by atoms with van der Waals surface area (Å²) in [6, 6.07) is 10.6. The molecule has 0 bridgehead atoms. The lowest BCUT2D eigenvalue weighted by molar-refractivity contribution is 0.102. The quantitative estimate of drug-likeness (QED) is 0.585. The molecule has 0 heterocycles. The topological polar surface area (TPSA) is 121 Å². The van der Waals surface area contributed by atoms with Crippen LogP contribution in [0.2, 0.25) is 0 Å². The fourth-order valence-corrected chi connectivity index (χ4v) is 4.43. The SMILES string of the molecule is Cc1ccc(NC(=O)c2cccc(S(=O)(=O)NCC3CC3)c2)cc1NS(C)(=O)=O. The van der Waals surface area contributed by atoms with Gasteiger partial charge in [-0.3, -0.25) is 9.52 Å². The molecule has 1 aliphatic carbocycles. The van der Waals surface area contributed by atoms with Crippen molar-refractivity contribution >= 4 is 37.3 Å². The van der Waals surface area contributed by atoms with E-state index in [9.17, 15) is 21.6 Å². The number of anilines is 2. The molecule has 0 unspecified atom stereocenters. The van der Waals surface area contributed by atoms with Crippen LogP contribution in [0, 0.1) is 12.8 Å². The third-order valence-corrected chi connectivity index (χ3v) is 6.47. The van der Waals surface area contributed by atoms with E-state index in [1.165, 1.54) is 30.3 Å². The fourth-order valence-electron chi connectivity index (χ4n) is 2.65. The Morgan fingerprint density at radius 1 is 1.07 bits per heavy atom. The van der Waals surface area contributed by atoms with Crippen molar-refractivity contribution in [2.24, 2.45) is 5.92 Å². The summed E-state index contributed by atoms with van der Waals surface area (Å²) in [5.74, 6) is -0.106. The molecule has 2 aromatic carbocycles. The number of rotatable bonds is 8. The van der Waals surface area contributed by atoms with Gasteiger partial charge in [-0.05, 0) is 61.6 Å². The number of sulfonamides is 2. The standard InChI is InChI=1S/C19H23N3O5S2/c1-13-6-9-16(11-18(13)22-28(2,24)25)21-19(23)15-4-3-5-17(10-15)29(26,27)20-12-14-7-8-14/h3-6,9-11,14,20,22H,7-8,12H2,1-2H3,(H,21,23). The van der Waals surface area contributed by atoms with Gasteiger partial charge in [0.25, 0.3) is 5.91 Å². The van der Waals surface area contributed by atoms with Crippen molar-refractivity contribution in [2.45, 2.75) is 24.7 Å². The predicted octanol–water partition coefficient (Wildman–Crippen LogP) is 2.31. The molecule has 1 amide bonds. The van der Waals surface area contributed by atoms with Gasteiger partial charge >= 0.3 is 0 Å². The third-order valence-electron chi connectivity index (χ3n) is 4.46. The van der Waals surface area contributed by atoms with E-state index >= 15 is 0 Å². The fraction of sp³-hybridized carbons (Fsp3) is 0.316. The molecule has 3 N–H and O–H groups in total. The first-order valence-electron chi connectivity index (χ1n) is 9.03. The molecule has 0 atom stereocenters. The zero-order valence-electron chi connectivity index (χ0n) is 16.1. The summed E-state index contributed by atoms with van der Waals surface area (Å²) < 4.78 is 52.7. The molecule has 1 fully saturated rings. The minimum atomic E-state index is -3.68. The lowest BCUT2D eigenvalue weighted by Crippen LogP contribution is -2.26. The van der Waals surface area contributed by atoms with Gasteiger partial charge in [0.1, 0.15) is 0 Å². The molecule has 0 aliphatic heterocycles. The highest BCUT2D eigenvalue weighted by Crippen LogP contribution is 2.28. The Kier molecular flexibility index (Phi) is 5.97. The summed E-state index contributed by atoms with van der Waals surface area (Å²) in [5, 5.41) is 2.66. The summed E-state index contributed by atoms with van der Waals surface area (Å²) in [4.78, 5) is 12.6.